The minimum Gasteiger partial charge on any atom is -0.917 e. The van der Waals surface area contributed by atoms with Crippen molar-refractivity contribution in [2.45, 2.75) is 92.0 Å². The maximum atomic E-state index is 12.5. The number of hydrogen-bond donors (Lipinski definition) is 0. The van der Waals surface area contributed by atoms with E-state index < -0.39 is 28.9 Å². The molecule has 52 heavy (non-hydrogen) atoms. The molecular formula is C38H68NaO12S-. The molecule has 300 valence electrons. The van der Waals surface area contributed by atoms with Crippen LogP contribution in [0, 0.1) is 11.8 Å². The largest absolute Gasteiger partial charge is 1.00 e. The van der Waals surface area contributed by atoms with Crippen molar-refractivity contribution >= 4 is 34.7 Å². The fourth-order valence-electron chi connectivity index (χ4n) is 4.37. The van der Waals surface area contributed by atoms with Crippen LogP contribution in [-0.2, 0) is 43.1 Å². The Hall–Kier alpha value is -2.65. The first-order valence-corrected chi connectivity index (χ1v) is 14.7. The zero-order chi connectivity index (χ0) is 31.6. The molecule has 0 heterocycles. The molecule has 1 saturated carbocycles. The predicted octanol–water partition coefficient (Wildman–Crippen LogP) is 6.05. The molecule has 2 aromatic carbocycles. The number of benzene rings is 2. The molecule has 0 amide bonds. The number of carbonyl (C=O) groups is 4. The number of hydrogen-bond acceptors (Lipinski definition) is 13. The third-order valence-corrected chi connectivity index (χ3v) is 6.58. The second kappa shape index (κ2) is 38.1. The molecule has 1 fully saturated rings. The summed E-state index contributed by atoms with van der Waals surface area (Å²) in [6, 6.07) is 12.5. The van der Waals surface area contributed by atoms with Crippen LogP contribution in [0.1, 0.15) is 133 Å². The van der Waals surface area contributed by atoms with Gasteiger partial charge in [-0.25, -0.2) is 14.4 Å². The van der Waals surface area contributed by atoms with Crippen LogP contribution in [0.3, 0.4) is 0 Å². The van der Waals surface area contributed by atoms with Crippen molar-refractivity contribution in [1.29, 1.82) is 0 Å². The third kappa shape index (κ3) is 27.0. The average molecular weight is 772 g/mol. The van der Waals surface area contributed by atoms with Gasteiger partial charge in [0.1, 0.15) is 13.2 Å². The van der Waals surface area contributed by atoms with E-state index in [1.165, 1.54) is 19.1 Å². The number of ether oxygens (including phenoxy) is 5. The Labute approximate surface area is 339 Å². The van der Waals surface area contributed by atoms with E-state index in [9.17, 15) is 19.2 Å². The molecule has 1 aliphatic carbocycles. The quantitative estimate of drug-likeness (QED) is 0.0319. The van der Waals surface area contributed by atoms with Gasteiger partial charge in [0.25, 0.3) is 0 Å². The molecule has 0 bridgehead atoms. The molecule has 0 spiro atoms. The Morgan fingerprint density at radius 3 is 1.31 bits per heavy atom. The summed E-state index contributed by atoms with van der Waals surface area (Å²) >= 11 is 0. The summed E-state index contributed by atoms with van der Waals surface area (Å²) in [5.41, 5.74) is 1.25. The molecule has 2 aromatic rings. The fourth-order valence-corrected chi connectivity index (χ4v) is 4.37. The zero-order valence-electron chi connectivity index (χ0n) is 25.2. The number of carbonyl (C=O) groups excluding carboxylic acids is 4. The molecule has 0 aromatic heterocycles. The fraction of sp³-hybridized carbons (Fsp3) is 0.579. The number of Topliss-reactive ketones (excluding diaryl/α,β-unsaturated/α-hetero) is 1. The van der Waals surface area contributed by atoms with Gasteiger partial charge in [0.15, 0.2) is 5.78 Å². The molecule has 0 unspecified atom stereocenters. The predicted molar refractivity (Wildman–Crippen MR) is 205 cm³/mol. The summed E-state index contributed by atoms with van der Waals surface area (Å²) in [6.07, 6.45) is 4.16. The van der Waals surface area contributed by atoms with E-state index in [0.717, 1.165) is 32.3 Å². The maximum absolute atomic E-state index is 12.5. The smallest absolute Gasteiger partial charge is 0.917 e. The van der Waals surface area contributed by atoms with Crippen LogP contribution in [0.5, 0.6) is 0 Å². The van der Waals surface area contributed by atoms with Crippen molar-refractivity contribution in [1.82, 2.24) is 0 Å². The Bertz CT molecular complexity index is 1280. The average Bonchev–Trinajstić information content (AvgIpc) is 2.99. The summed E-state index contributed by atoms with van der Waals surface area (Å²) in [7, 11) is -1.39. The molecule has 3 rings (SSSR count). The second-order valence-electron chi connectivity index (χ2n) is 9.75. The van der Waals surface area contributed by atoms with Crippen LogP contribution in [0.4, 0.5) is 0 Å². The monoisotopic (exact) mass is 771 g/mol. The van der Waals surface area contributed by atoms with E-state index in [2.05, 4.69) is 0 Å². The number of esters is 3. The van der Waals surface area contributed by atoms with Crippen LogP contribution in [-0.4, -0.2) is 75.0 Å². The van der Waals surface area contributed by atoms with Gasteiger partial charge in [0.05, 0.1) is 36.5 Å². The first kappa shape index (κ1) is 67.5. The Kier molecular flexibility index (Phi) is 49.4. The first-order chi connectivity index (χ1) is 20.6. The Morgan fingerprint density at radius 1 is 0.615 bits per heavy atom. The summed E-state index contributed by atoms with van der Waals surface area (Å²) in [4.78, 5) is 48.4. The van der Waals surface area contributed by atoms with Crippen molar-refractivity contribution in [2.24, 2.45) is 11.8 Å². The standard InChI is InChI=1S/C30H36O9.8CH4.Na.O3S/c1-21(31)24-5-3-6-25(17-24)28(32)37-15-13-36-14-16-38-29(33)26-7-4-8-27(18-26)30(34)39-20-23-11-9-22(10-12-23)19-35-2;;;;;;;;;;1-4(2)3/h3-8,17-18,22-23H,9-16,19-20H2,1-2H3;8*1H4;;/q;;;;;;;;;+1;-2. The van der Waals surface area contributed by atoms with Gasteiger partial charge in [-0.05, 0) is 74.8 Å². The van der Waals surface area contributed by atoms with Crippen molar-refractivity contribution in [2.75, 3.05) is 46.8 Å². The summed E-state index contributed by atoms with van der Waals surface area (Å²) < 4.78 is 51.8. The van der Waals surface area contributed by atoms with E-state index in [1.807, 2.05) is 0 Å². The van der Waals surface area contributed by atoms with Gasteiger partial charge in [-0.3, -0.25) is 4.79 Å². The van der Waals surface area contributed by atoms with Gasteiger partial charge in [-0.15, -0.1) is 0 Å². The molecule has 0 N–H and O–H groups in total. The number of methoxy groups -OCH3 is 1. The second-order valence-corrected chi connectivity index (χ2v) is 10.2. The summed E-state index contributed by atoms with van der Waals surface area (Å²) in [6.45, 7) is 2.79. The summed E-state index contributed by atoms with van der Waals surface area (Å²) in [5, 5.41) is 0. The van der Waals surface area contributed by atoms with Gasteiger partial charge in [0.2, 0.25) is 0 Å². The zero-order valence-corrected chi connectivity index (χ0v) is 28.0. The van der Waals surface area contributed by atoms with Crippen LogP contribution in [0.15, 0.2) is 48.5 Å². The molecule has 0 aliphatic heterocycles. The molecule has 0 atom stereocenters. The topological polar surface area (TPSA) is 172 Å². The molecule has 0 radical (unpaired) electrons. The van der Waals surface area contributed by atoms with Crippen molar-refractivity contribution in [3.05, 3.63) is 70.8 Å². The molecule has 12 nitrogen and oxygen atoms in total. The van der Waals surface area contributed by atoms with Crippen LogP contribution in [0.25, 0.3) is 0 Å². The van der Waals surface area contributed by atoms with E-state index in [1.54, 1.807) is 43.5 Å². The summed E-state index contributed by atoms with van der Waals surface area (Å²) in [5.74, 6) is -0.815. The van der Waals surface area contributed by atoms with Gasteiger partial charge >= 0.3 is 47.5 Å². The van der Waals surface area contributed by atoms with Crippen LogP contribution >= 0.6 is 0 Å². The van der Waals surface area contributed by atoms with E-state index in [0.29, 0.717) is 29.6 Å². The van der Waals surface area contributed by atoms with Crippen molar-refractivity contribution in [3.63, 3.8) is 0 Å². The van der Waals surface area contributed by atoms with E-state index in [4.69, 9.17) is 36.7 Å². The Morgan fingerprint density at radius 2 is 0.942 bits per heavy atom. The van der Waals surface area contributed by atoms with E-state index in [-0.39, 0.29) is 132 Å². The molecule has 14 heteroatoms. The Balaban J connectivity index is -0.000000236. The minimum atomic E-state index is -3.11. The maximum Gasteiger partial charge on any atom is 1.00 e. The SMILES string of the molecule is C.C.C.C.C.C.C.C.COCC1CCC(COC(=O)c2cccc(C(=O)OCCOCCOC(=O)c3cccc(C(C)=O)c3)c2)CC1.O=[S-](=O)[O-].[Na+]. The molecule has 1 aliphatic rings. The number of rotatable bonds is 14. The normalized spacial score (nSPS) is 13.2. The minimum absolute atomic E-state index is 0. The van der Waals surface area contributed by atoms with Gasteiger partial charge in [-0.2, -0.15) is 11.0 Å². The van der Waals surface area contributed by atoms with E-state index >= 15 is 0 Å². The van der Waals surface area contributed by atoms with Crippen LogP contribution < -0.4 is 29.6 Å². The van der Waals surface area contributed by atoms with Gasteiger partial charge in [0, 0.05) is 19.3 Å². The molecule has 0 saturated heterocycles. The van der Waals surface area contributed by atoms with Gasteiger partial charge in [-0.1, -0.05) is 77.6 Å². The first-order valence-electron chi connectivity index (χ1n) is 13.7. The van der Waals surface area contributed by atoms with Crippen molar-refractivity contribution < 1.29 is 85.4 Å². The van der Waals surface area contributed by atoms with Crippen molar-refractivity contribution in [3.8, 4) is 0 Å². The molecular weight excluding hydrogens is 703 g/mol. The number of ketones is 1. The third-order valence-electron chi connectivity index (χ3n) is 6.58. The van der Waals surface area contributed by atoms with Gasteiger partial charge < -0.3 is 36.7 Å². The van der Waals surface area contributed by atoms with Crippen LogP contribution in [0.2, 0.25) is 0 Å².